The Labute approximate surface area is 99.1 Å². The number of hydrogen-bond acceptors (Lipinski definition) is 3. The number of aliphatic hydroxyl groups excluding tert-OH is 1. The quantitative estimate of drug-likeness (QED) is 0.886. The van der Waals surface area contributed by atoms with Crippen molar-refractivity contribution >= 4 is 11.8 Å². The van der Waals surface area contributed by atoms with Gasteiger partial charge in [-0.1, -0.05) is 30.0 Å². The summed E-state index contributed by atoms with van der Waals surface area (Å²) in [6.45, 7) is 1.95. The van der Waals surface area contributed by atoms with Crippen LogP contribution in [0.3, 0.4) is 0 Å². The molecule has 0 aliphatic rings. The average molecular weight is 234 g/mol. The first-order valence-corrected chi connectivity index (χ1v) is 5.90. The van der Waals surface area contributed by atoms with Gasteiger partial charge in [-0.15, -0.1) is 0 Å². The fourth-order valence-electron chi connectivity index (χ4n) is 1.59. The van der Waals surface area contributed by atoms with E-state index in [0.29, 0.717) is 0 Å². The van der Waals surface area contributed by atoms with Gasteiger partial charge in [0.05, 0.1) is 12.3 Å². The number of aromatic nitrogens is 2. The minimum Gasteiger partial charge on any atom is -0.392 e. The molecule has 1 heterocycles. The lowest BCUT2D eigenvalue weighted by molar-refractivity contribution is 0.277. The molecule has 0 unspecified atom stereocenters. The van der Waals surface area contributed by atoms with E-state index >= 15 is 0 Å². The van der Waals surface area contributed by atoms with Crippen LogP contribution in [-0.2, 0) is 13.7 Å². The molecule has 84 valence electrons. The van der Waals surface area contributed by atoms with E-state index in [2.05, 4.69) is 5.10 Å². The van der Waals surface area contributed by atoms with Crippen molar-refractivity contribution in [1.82, 2.24) is 9.78 Å². The highest BCUT2D eigenvalue weighted by molar-refractivity contribution is 7.99. The molecule has 1 N–H and O–H groups in total. The zero-order valence-corrected chi connectivity index (χ0v) is 10.2. The highest BCUT2D eigenvalue weighted by atomic mass is 32.2. The molecule has 0 bridgehead atoms. The van der Waals surface area contributed by atoms with Crippen LogP contribution in [-0.4, -0.2) is 14.9 Å². The van der Waals surface area contributed by atoms with Crippen molar-refractivity contribution in [2.24, 2.45) is 7.05 Å². The Hall–Kier alpha value is -1.26. The molecular formula is C12H14N2OS. The number of rotatable bonds is 3. The van der Waals surface area contributed by atoms with E-state index in [1.807, 2.05) is 49.0 Å². The van der Waals surface area contributed by atoms with Crippen LogP contribution in [0.15, 0.2) is 40.3 Å². The molecule has 0 aliphatic heterocycles. The van der Waals surface area contributed by atoms with Crippen molar-refractivity contribution < 1.29 is 5.11 Å². The second-order valence-corrected chi connectivity index (χ2v) is 4.63. The summed E-state index contributed by atoms with van der Waals surface area (Å²) in [5, 5.41) is 14.6. The Bertz CT molecular complexity index is 479. The molecule has 16 heavy (non-hydrogen) atoms. The van der Waals surface area contributed by atoms with Crippen LogP contribution in [0.5, 0.6) is 0 Å². The van der Waals surface area contributed by atoms with Crippen molar-refractivity contribution in [3.05, 3.63) is 41.6 Å². The van der Waals surface area contributed by atoms with E-state index in [-0.39, 0.29) is 6.61 Å². The van der Waals surface area contributed by atoms with Gasteiger partial charge in [0.25, 0.3) is 0 Å². The van der Waals surface area contributed by atoms with Gasteiger partial charge >= 0.3 is 0 Å². The van der Waals surface area contributed by atoms with Gasteiger partial charge in [0.15, 0.2) is 0 Å². The Kier molecular flexibility index (Phi) is 3.31. The van der Waals surface area contributed by atoms with Crippen molar-refractivity contribution in [2.75, 3.05) is 0 Å². The normalized spacial score (nSPS) is 10.7. The number of aliphatic hydroxyl groups is 1. The third kappa shape index (κ3) is 2.13. The molecular weight excluding hydrogens is 220 g/mol. The molecule has 0 fully saturated rings. The van der Waals surface area contributed by atoms with Crippen LogP contribution in [0.25, 0.3) is 0 Å². The Balaban J connectivity index is 2.34. The van der Waals surface area contributed by atoms with Gasteiger partial charge in [0.2, 0.25) is 0 Å². The number of hydrogen-bond donors (Lipinski definition) is 1. The first-order valence-electron chi connectivity index (χ1n) is 5.08. The molecule has 4 heteroatoms. The molecule has 2 rings (SSSR count). The average Bonchev–Trinajstić information content (AvgIpc) is 2.55. The first kappa shape index (κ1) is 11.2. The Morgan fingerprint density at radius 2 is 2.00 bits per heavy atom. The highest BCUT2D eigenvalue weighted by Crippen LogP contribution is 2.31. The van der Waals surface area contributed by atoms with E-state index in [1.54, 1.807) is 11.8 Å². The minimum atomic E-state index is 0.0365. The fourth-order valence-corrected chi connectivity index (χ4v) is 2.62. The zero-order valence-electron chi connectivity index (χ0n) is 9.34. The van der Waals surface area contributed by atoms with Crippen molar-refractivity contribution in [1.29, 1.82) is 0 Å². The van der Waals surface area contributed by atoms with Crippen LogP contribution in [0, 0.1) is 6.92 Å². The maximum absolute atomic E-state index is 9.32. The van der Waals surface area contributed by atoms with Gasteiger partial charge in [-0.2, -0.15) is 5.10 Å². The third-order valence-corrected chi connectivity index (χ3v) is 3.62. The summed E-state index contributed by atoms with van der Waals surface area (Å²) in [6, 6.07) is 10.1. The Morgan fingerprint density at radius 1 is 1.31 bits per heavy atom. The van der Waals surface area contributed by atoms with E-state index in [1.165, 1.54) is 0 Å². The summed E-state index contributed by atoms with van der Waals surface area (Å²) in [6.07, 6.45) is 0. The summed E-state index contributed by atoms with van der Waals surface area (Å²) in [4.78, 5) is 1.15. The monoisotopic (exact) mass is 234 g/mol. The lowest BCUT2D eigenvalue weighted by Gasteiger charge is -2.04. The van der Waals surface area contributed by atoms with Crippen molar-refractivity contribution in [2.45, 2.75) is 23.5 Å². The predicted octanol–water partition coefficient (Wildman–Crippen LogP) is 2.37. The van der Waals surface area contributed by atoms with E-state index in [0.717, 1.165) is 21.2 Å². The molecule has 3 nitrogen and oxygen atoms in total. The van der Waals surface area contributed by atoms with Crippen LogP contribution >= 0.6 is 11.8 Å². The SMILES string of the molecule is Cc1nn(C)c(Sc2ccccc2)c1CO. The Morgan fingerprint density at radius 3 is 2.62 bits per heavy atom. The maximum atomic E-state index is 9.32. The summed E-state index contributed by atoms with van der Waals surface area (Å²) in [5.41, 5.74) is 1.81. The molecule has 0 aliphatic carbocycles. The topological polar surface area (TPSA) is 38.0 Å². The maximum Gasteiger partial charge on any atom is 0.104 e. The number of benzene rings is 1. The predicted molar refractivity (Wildman–Crippen MR) is 64.4 cm³/mol. The van der Waals surface area contributed by atoms with Crippen LogP contribution in [0.4, 0.5) is 0 Å². The molecule has 0 radical (unpaired) electrons. The second kappa shape index (κ2) is 4.72. The molecule has 0 saturated carbocycles. The van der Waals surface area contributed by atoms with Gasteiger partial charge in [-0.3, -0.25) is 4.68 Å². The van der Waals surface area contributed by atoms with Crippen LogP contribution in [0.2, 0.25) is 0 Å². The lowest BCUT2D eigenvalue weighted by atomic mass is 10.3. The zero-order chi connectivity index (χ0) is 11.5. The minimum absolute atomic E-state index is 0.0365. The summed E-state index contributed by atoms with van der Waals surface area (Å²) in [5.74, 6) is 0. The van der Waals surface area contributed by atoms with Gasteiger partial charge in [-0.05, 0) is 19.1 Å². The van der Waals surface area contributed by atoms with E-state index in [4.69, 9.17) is 0 Å². The molecule has 0 spiro atoms. The highest BCUT2D eigenvalue weighted by Gasteiger charge is 2.13. The summed E-state index contributed by atoms with van der Waals surface area (Å²) in [7, 11) is 1.90. The molecule has 1 aromatic carbocycles. The molecule has 1 aromatic heterocycles. The molecule has 0 amide bonds. The van der Waals surface area contributed by atoms with Gasteiger partial charge in [0.1, 0.15) is 5.03 Å². The second-order valence-electron chi connectivity index (χ2n) is 3.57. The number of aryl methyl sites for hydroxylation is 2. The van der Waals surface area contributed by atoms with E-state index in [9.17, 15) is 5.11 Å². The largest absolute Gasteiger partial charge is 0.392 e. The first-order chi connectivity index (χ1) is 7.72. The van der Waals surface area contributed by atoms with E-state index < -0.39 is 0 Å². The van der Waals surface area contributed by atoms with Gasteiger partial charge < -0.3 is 5.11 Å². The van der Waals surface area contributed by atoms with Crippen molar-refractivity contribution in [3.8, 4) is 0 Å². The molecule has 0 atom stereocenters. The van der Waals surface area contributed by atoms with Crippen molar-refractivity contribution in [3.63, 3.8) is 0 Å². The van der Waals surface area contributed by atoms with Gasteiger partial charge in [-0.25, -0.2) is 0 Å². The smallest absolute Gasteiger partial charge is 0.104 e. The number of nitrogens with zero attached hydrogens (tertiary/aromatic N) is 2. The molecule has 0 saturated heterocycles. The standard InChI is InChI=1S/C12H14N2OS/c1-9-11(8-15)12(14(2)13-9)16-10-6-4-3-5-7-10/h3-7,15H,8H2,1-2H3. The summed E-state index contributed by atoms with van der Waals surface area (Å²) >= 11 is 1.63. The third-order valence-electron chi connectivity index (χ3n) is 2.40. The van der Waals surface area contributed by atoms with Crippen LogP contribution in [0.1, 0.15) is 11.3 Å². The molecule has 2 aromatic rings. The fraction of sp³-hybridized carbons (Fsp3) is 0.250. The summed E-state index contributed by atoms with van der Waals surface area (Å²) < 4.78 is 1.82. The van der Waals surface area contributed by atoms with Crippen LogP contribution < -0.4 is 0 Å². The lowest BCUT2D eigenvalue weighted by Crippen LogP contribution is -1.93. The van der Waals surface area contributed by atoms with Gasteiger partial charge in [0, 0.05) is 17.5 Å².